The number of H-pyrrole nitrogens is 1. The Morgan fingerprint density at radius 1 is 1.25 bits per heavy atom. The molecule has 1 aliphatic rings. The zero-order chi connectivity index (χ0) is 19.5. The molecule has 0 aliphatic carbocycles. The summed E-state index contributed by atoms with van der Waals surface area (Å²) in [5.41, 5.74) is 2.36. The number of aromatic amines is 1. The smallest absolute Gasteiger partial charge is 0.339 e. The van der Waals surface area contributed by atoms with Crippen LogP contribution in [0.1, 0.15) is 21.5 Å². The molecule has 2 N–H and O–H groups in total. The maximum atomic E-state index is 12.4. The molecular formula is C19H15ClN4O3S. The molecule has 1 aliphatic heterocycles. The quantitative estimate of drug-likeness (QED) is 0.490. The number of esters is 1. The fourth-order valence-electron chi connectivity index (χ4n) is 2.77. The van der Waals surface area contributed by atoms with Gasteiger partial charge in [-0.05, 0) is 29.3 Å². The molecule has 7 nitrogen and oxygen atoms in total. The third-order valence-electron chi connectivity index (χ3n) is 4.17. The highest BCUT2D eigenvalue weighted by molar-refractivity contribution is 7.98. The Morgan fingerprint density at radius 2 is 2.04 bits per heavy atom. The van der Waals surface area contributed by atoms with Crippen LogP contribution in [0.3, 0.4) is 0 Å². The summed E-state index contributed by atoms with van der Waals surface area (Å²) in [4.78, 5) is 28.7. The first-order chi connectivity index (χ1) is 13.6. The summed E-state index contributed by atoms with van der Waals surface area (Å²) in [5, 5.41) is 10.5. The normalized spacial score (nSPS) is 15.6. The predicted molar refractivity (Wildman–Crippen MR) is 105 cm³/mol. The van der Waals surface area contributed by atoms with Crippen LogP contribution in [0.4, 0.5) is 5.95 Å². The van der Waals surface area contributed by atoms with Crippen molar-refractivity contribution in [3.63, 3.8) is 0 Å². The molecule has 0 bridgehead atoms. The molecule has 2 aromatic carbocycles. The number of anilines is 1. The Morgan fingerprint density at radius 3 is 2.86 bits per heavy atom. The van der Waals surface area contributed by atoms with Crippen LogP contribution in [0, 0.1) is 0 Å². The first-order valence-corrected chi connectivity index (χ1v) is 9.84. The number of carbonyl (C=O) groups excluding carboxylic acids is 2. The minimum atomic E-state index is -0.905. The number of hydrogen-bond acceptors (Lipinski definition) is 6. The molecule has 0 spiro atoms. The number of hydrogen-bond donors (Lipinski definition) is 2. The standard InChI is InChI=1S/C19H15ClN4O3S/c20-13-7-5-11(6-8-13)10-28-19-22-18(23-24-19)21-16(25)15-9-12-3-1-2-4-14(12)17(26)27-15/h1-8,15H,9-10H2,(H2,21,22,23,24,25). The lowest BCUT2D eigenvalue weighted by atomic mass is 9.98. The van der Waals surface area contributed by atoms with Crippen molar-refractivity contribution < 1.29 is 14.3 Å². The topological polar surface area (TPSA) is 97.0 Å². The van der Waals surface area contributed by atoms with E-state index in [0.29, 0.717) is 27.9 Å². The zero-order valence-electron chi connectivity index (χ0n) is 14.5. The molecule has 0 fully saturated rings. The Hall–Kier alpha value is -2.84. The van der Waals surface area contributed by atoms with Crippen molar-refractivity contribution in [2.24, 2.45) is 0 Å². The van der Waals surface area contributed by atoms with E-state index in [1.807, 2.05) is 36.4 Å². The molecule has 3 aromatic rings. The number of ether oxygens (including phenoxy) is 1. The van der Waals surface area contributed by atoms with E-state index in [4.69, 9.17) is 16.3 Å². The third-order valence-corrected chi connectivity index (χ3v) is 5.34. The van der Waals surface area contributed by atoms with Crippen LogP contribution < -0.4 is 5.32 Å². The number of halogens is 1. The van der Waals surface area contributed by atoms with Crippen molar-refractivity contribution in [2.75, 3.05) is 5.32 Å². The number of amides is 1. The second-order valence-corrected chi connectivity index (χ2v) is 7.51. The Labute approximate surface area is 169 Å². The van der Waals surface area contributed by atoms with E-state index >= 15 is 0 Å². The molecule has 0 radical (unpaired) electrons. The summed E-state index contributed by atoms with van der Waals surface area (Å²) in [6, 6.07) is 14.6. The number of nitrogens with zero attached hydrogens (tertiary/aromatic N) is 2. The van der Waals surface area contributed by atoms with Gasteiger partial charge < -0.3 is 4.74 Å². The summed E-state index contributed by atoms with van der Waals surface area (Å²) in [6.45, 7) is 0. The van der Waals surface area contributed by atoms with Crippen molar-refractivity contribution >= 4 is 41.2 Å². The molecule has 9 heteroatoms. The van der Waals surface area contributed by atoms with E-state index in [1.54, 1.807) is 12.1 Å². The summed E-state index contributed by atoms with van der Waals surface area (Å²) in [7, 11) is 0. The first-order valence-electron chi connectivity index (χ1n) is 8.48. The minimum Gasteiger partial charge on any atom is -0.448 e. The minimum absolute atomic E-state index is 0.207. The molecule has 1 amide bonds. The Bertz CT molecular complexity index is 1020. The van der Waals surface area contributed by atoms with Gasteiger partial charge in [0, 0.05) is 17.2 Å². The van der Waals surface area contributed by atoms with E-state index in [1.165, 1.54) is 11.8 Å². The third kappa shape index (κ3) is 4.18. The van der Waals surface area contributed by atoms with Gasteiger partial charge in [0.25, 0.3) is 5.91 Å². The van der Waals surface area contributed by atoms with Crippen LogP contribution in [0.25, 0.3) is 0 Å². The second kappa shape index (κ2) is 8.04. The fourth-order valence-corrected chi connectivity index (χ4v) is 3.65. The largest absolute Gasteiger partial charge is 0.448 e. The number of cyclic esters (lactones) is 1. The van der Waals surface area contributed by atoms with Gasteiger partial charge in [-0.1, -0.05) is 53.7 Å². The second-order valence-electron chi connectivity index (χ2n) is 6.13. The first kappa shape index (κ1) is 18.5. The maximum absolute atomic E-state index is 12.4. The van der Waals surface area contributed by atoms with Gasteiger partial charge in [0.15, 0.2) is 6.10 Å². The molecule has 142 valence electrons. The van der Waals surface area contributed by atoms with Gasteiger partial charge in [-0.15, -0.1) is 5.10 Å². The molecule has 0 saturated heterocycles. The Balaban J connectivity index is 1.35. The van der Waals surface area contributed by atoms with Gasteiger partial charge in [-0.25, -0.2) is 9.89 Å². The van der Waals surface area contributed by atoms with Crippen LogP contribution in [-0.4, -0.2) is 33.2 Å². The molecular weight excluding hydrogens is 400 g/mol. The van der Waals surface area contributed by atoms with Crippen molar-refractivity contribution in [1.29, 1.82) is 0 Å². The van der Waals surface area contributed by atoms with E-state index in [0.717, 1.165) is 11.1 Å². The van der Waals surface area contributed by atoms with Crippen LogP contribution in [-0.2, 0) is 21.7 Å². The van der Waals surface area contributed by atoms with Crippen LogP contribution in [0.5, 0.6) is 0 Å². The number of carbonyl (C=O) groups is 2. The molecule has 1 aromatic heterocycles. The number of rotatable bonds is 5. The molecule has 0 saturated carbocycles. The summed E-state index contributed by atoms with van der Waals surface area (Å²) in [5.74, 6) is -0.0788. The molecule has 28 heavy (non-hydrogen) atoms. The van der Waals surface area contributed by atoms with Crippen molar-refractivity contribution in [3.05, 3.63) is 70.2 Å². The lowest BCUT2D eigenvalue weighted by Crippen LogP contribution is -2.38. The van der Waals surface area contributed by atoms with Crippen molar-refractivity contribution in [2.45, 2.75) is 23.4 Å². The van der Waals surface area contributed by atoms with Crippen molar-refractivity contribution in [1.82, 2.24) is 15.2 Å². The van der Waals surface area contributed by atoms with Crippen molar-refractivity contribution in [3.8, 4) is 0 Å². The Kier molecular flexibility index (Phi) is 5.31. The molecule has 1 unspecified atom stereocenters. The van der Waals surface area contributed by atoms with Gasteiger partial charge in [0.1, 0.15) is 0 Å². The summed E-state index contributed by atoms with van der Waals surface area (Å²) in [6.07, 6.45) is -0.585. The SMILES string of the molecule is O=C1OC(C(=O)Nc2nc(SCc3ccc(Cl)cc3)n[nH]2)Cc2ccccc21. The summed E-state index contributed by atoms with van der Waals surface area (Å²) < 4.78 is 5.24. The van der Waals surface area contributed by atoms with Gasteiger partial charge in [-0.2, -0.15) is 4.98 Å². The lowest BCUT2D eigenvalue weighted by molar-refractivity contribution is -0.125. The highest BCUT2D eigenvalue weighted by Gasteiger charge is 2.31. The van der Waals surface area contributed by atoms with Gasteiger partial charge in [0.2, 0.25) is 11.1 Å². The van der Waals surface area contributed by atoms with Crippen LogP contribution in [0.2, 0.25) is 5.02 Å². The van der Waals surface area contributed by atoms with Gasteiger partial charge in [-0.3, -0.25) is 10.1 Å². The van der Waals surface area contributed by atoms with E-state index in [2.05, 4.69) is 20.5 Å². The average Bonchev–Trinajstić information content (AvgIpc) is 3.15. The van der Waals surface area contributed by atoms with Gasteiger partial charge in [0.05, 0.1) is 5.56 Å². The van der Waals surface area contributed by atoms with Crippen LogP contribution in [0.15, 0.2) is 53.7 Å². The van der Waals surface area contributed by atoms with Crippen LogP contribution >= 0.6 is 23.4 Å². The zero-order valence-corrected chi connectivity index (χ0v) is 16.1. The monoisotopic (exact) mass is 414 g/mol. The van der Waals surface area contributed by atoms with E-state index in [9.17, 15) is 9.59 Å². The number of fused-ring (bicyclic) bond motifs is 1. The number of thioether (sulfide) groups is 1. The number of aromatic nitrogens is 3. The average molecular weight is 415 g/mol. The molecule has 1 atom stereocenters. The number of nitrogens with one attached hydrogen (secondary N) is 2. The highest BCUT2D eigenvalue weighted by atomic mass is 35.5. The van der Waals surface area contributed by atoms with E-state index in [-0.39, 0.29) is 5.95 Å². The number of benzene rings is 2. The fraction of sp³-hybridized carbons (Fsp3) is 0.158. The lowest BCUT2D eigenvalue weighted by Gasteiger charge is -2.23. The summed E-state index contributed by atoms with van der Waals surface area (Å²) >= 11 is 7.29. The van der Waals surface area contributed by atoms with E-state index < -0.39 is 18.0 Å². The highest BCUT2D eigenvalue weighted by Crippen LogP contribution is 2.23. The predicted octanol–water partition coefficient (Wildman–Crippen LogP) is 3.47. The molecule has 2 heterocycles. The van der Waals surface area contributed by atoms with Gasteiger partial charge >= 0.3 is 5.97 Å². The molecule has 4 rings (SSSR count). The maximum Gasteiger partial charge on any atom is 0.339 e.